The van der Waals surface area contributed by atoms with E-state index in [1.165, 1.54) is 6.20 Å². The molecule has 1 unspecified atom stereocenters. The van der Waals surface area contributed by atoms with Crippen LogP contribution in [0.5, 0.6) is 0 Å². The number of rotatable bonds is 3. The van der Waals surface area contributed by atoms with Crippen molar-refractivity contribution in [3.8, 4) is 11.3 Å². The van der Waals surface area contributed by atoms with E-state index >= 15 is 0 Å². The van der Waals surface area contributed by atoms with Crippen LogP contribution in [0.1, 0.15) is 24.4 Å². The summed E-state index contributed by atoms with van der Waals surface area (Å²) in [5, 5.41) is 4.02. The Morgan fingerprint density at radius 1 is 1.21 bits per heavy atom. The SMILES string of the molecule is Cc1ccc(-c2ccnn2C(C2CC2)C(F)(F)F)c2ncn(C)c12. The highest BCUT2D eigenvalue weighted by Gasteiger charge is 2.51. The summed E-state index contributed by atoms with van der Waals surface area (Å²) >= 11 is 0. The molecule has 0 spiro atoms. The van der Waals surface area contributed by atoms with E-state index in [9.17, 15) is 13.2 Å². The summed E-state index contributed by atoms with van der Waals surface area (Å²) in [4.78, 5) is 4.40. The van der Waals surface area contributed by atoms with Gasteiger partial charge in [-0.1, -0.05) is 12.1 Å². The van der Waals surface area contributed by atoms with E-state index in [0.29, 0.717) is 29.6 Å². The van der Waals surface area contributed by atoms with Gasteiger partial charge in [0.1, 0.15) is 0 Å². The first kappa shape index (κ1) is 15.2. The first-order valence-electron chi connectivity index (χ1n) is 7.89. The first-order chi connectivity index (χ1) is 11.4. The number of nitrogens with zero attached hydrogens (tertiary/aromatic N) is 4. The second-order valence-corrected chi connectivity index (χ2v) is 6.47. The molecule has 1 atom stereocenters. The molecule has 4 nitrogen and oxygen atoms in total. The van der Waals surface area contributed by atoms with Crippen LogP contribution in [-0.4, -0.2) is 25.5 Å². The molecule has 0 amide bonds. The Hall–Kier alpha value is -2.31. The second kappa shape index (κ2) is 5.09. The molecule has 1 fully saturated rings. The van der Waals surface area contributed by atoms with Gasteiger partial charge in [-0.05, 0) is 37.3 Å². The molecule has 126 valence electrons. The lowest BCUT2D eigenvalue weighted by molar-refractivity contribution is -0.175. The fourth-order valence-electron chi connectivity index (χ4n) is 3.43. The Labute approximate surface area is 136 Å². The van der Waals surface area contributed by atoms with Gasteiger partial charge in [0.05, 0.1) is 23.1 Å². The summed E-state index contributed by atoms with van der Waals surface area (Å²) in [6.45, 7) is 1.97. The number of benzene rings is 1. The van der Waals surface area contributed by atoms with Crippen LogP contribution in [0.4, 0.5) is 13.2 Å². The van der Waals surface area contributed by atoms with Crippen LogP contribution in [0.15, 0.2) is 30.7 Å². The Bertz CT molecular complexity index is 902. The summed E-state index contributed by atoms with van der Waals surface area (Å²) in [5.74, 6) is -0.381. The fraction of sp³-hybridized carbons (Fsp3) is 0.412. The van der Waals surface area contributed by atoms with Crippen LogP contribution < -0.4 is 0 Å². The largest absolute Gasteiger partial charge is 0.411 e. The van der Waals surface area contributed by atoms with Crippen molar-refractivity contribution in [3.63, 3.8) is 0 Å². The van der Waals surface area contributed by atoms with E-state index in [1.54, 1.807) is 12.4 Å². The molecule has 0 radical (unpaired) electrons. The molecule has 0 aliphatic heterocycles. The highest BCUT2D eigenvalue weighted by atomic mass is 19.4. The van der Waals surface area contributed by atoms with Crippen molar-refractivity contribution in [3.05, 3.63) is 36.3 Å². The van der Waals surface area contributed by atoms with E-state index in [4.69, 9.17) is 0 Å². The average molecular weight is 334 g/mol. The summed E-state index contributed by atoms with van der Waals surface area (Å²) in [6, 6.07) is 3.82. The highest BCUT2D eigenvalue weighted by Crippen LogP contribution is 2.49. The lowest BCUT2D eigenvalue weighted by Gasteiger charge is -2.22. The Kier molecular flexibility index (Phi) is 3.23. The predicted octanol–water partition coefficient (Wildman–Crippen LogP) is 4.26. The molecule has 2 aromatic heterocycles. The zero-order valence-corrected chi connectivity index (χ0v) is 13.4. The van der Waals surface area contributed by atoms with Crippen LogP contribution in [0.2, 0.25) is 0 Å². The van der Waals surface area contributed by atoms with E-state index in [2.05, 4.69) is 10.1 Å². The Morgan fingerprint density at radius 3 is 2.62 bits per heavy atom. The summed E-state index contributed by atoms with van der Waals surface area (Å²) < 4.78 is 43.7. The van der Waals surface area contributed by atoms with Crippen molar-refractivity contribution in [2.45, 2.75) is 32.0 Å². The molecule has 1 aromatic carbocycles. The van der Waals surface area contributed by atoms with Gasteiger partial charge in [-0.15, -0.1) is 0 Å². The zero-order valence-electron chi connectivity index (χ0n) is 13.4. The quantitative estimate of drug-likeness (QED) is 0.717. The summed E-state index contributed by atoms with van der Waals surface area (Å²) in [6.07, 6.45) is -0.00228. The third-order valence-electron chi connectivity index (χ3n) is 4.68. The number of hydrogen-bond acceptors (Lipinski definition) is 2. The summed E-state index contributed by atoms with van der Waals surface area (Å²) in [5.41, 5.74) is 3.82. The second-order valence-electron chi connectivity index (χ2n) is 6.47. The maximum Gasteiger partial charge on any atom is 0.411 e. The van der Waals surface area contributed by atoms with Gasteiger partial charge < -0.3 is 4.57 Å². The number of hydrogen-bond donors (Lipinski definition) is 0. The number of aromatic nitrogens is 4. The third-order valence-corrected chi connectivity index (χ3v) is 4.68. The van der Waals surface area contributed by atoms with Crippen molar-refractivity contribution in [2.75, 3.05) is 0 Å². The van der Waals surface area contributed by atoms with Crippen LogP contribution >= 0.6 is 0 Å². The Morgan fingerprint density at radius 2 is 1.96 bits per heavy atom. The van der Waals surface area contributed by atoms with Gasteiger partial charge in [0.2, 0.25) is 0 Å². The van der Waals surface area contributed by atoms with Gasteiger partial charge >= 0.3 is 6.18 Å². The van der Waals surface area contributed by atoms with Crippen LogP contribution in [0.3, 0.4) is 0 Å². The van der Waals surface area contributed by atoms with E-state index in [-0.39, 0.29) is 5.92 Å². The lowest BCUT2D eigenvalue weighted by Crippen LogP contribution is -2.29. The van der Waals surface area contributed by atoms with Gasteiger partial charge in [0.25, 0.3) is 0 Å². The molecular weight excluding hydrogens is 317 g/mol. The van der Waals surface area contributed by atoms with E-state index in [0.717, 1.165) is 15.8 Å². The normalized spacial score (nSPS) is 16.7. The minimum Gasteiger partial charge on any atom is -0.333 e. The number of aryl methyl sites for hydroxylation is 2. The number of imidazole rings is 1. The minimum absolute atomic E-state index is 0.381. The number of halogens is 3. The van der Waals surface area contributed by atoms with Crippen molar-refractivity contribution >= 4 is 11.0 Å². The van der Waals surface area contributed by atoms with Crippen LogP contribution in [-0.2, 0) is 7.05 Å². The minimum atomic E-state index is -4.31. The molecule has 3 aromatic rings. The van der Waals surface area contributed by atoms with Gasteiger partial charge in [0.15, 0.2) is 6.04 Å². The standard InChI is InChI=1S/C17H17F3N4/c1-10-3-6-12(14-15(10)23(2)9-21-14)13-7-8-22-24(13)16(11-4-5-11)17(18,19)20/h3,6-9,11,16H,4-5H2,1-2H3. The van der Waals surface area contributed by atoms with Crippen molar-refractivity contribution in [1.82, 2.24) is 19.3 Å². The molecule has 0 bridgehead atoms. The van der Waals surface area contributed by atoms with Crippen LogP contribution in [0, 0.1) is 12.8 Å². The highest BCUT2D eigenvalue weighted by molar-refractivity contribution is 5.93. The van der Waals surface area contributed by atoms with Gasteiger partial charge in [-0.25, -0.2) is 4.98 Å². The average Bonchev–Trinajstić information content (AvgIpc) is 3.06. The third kappa shape index (κ3) is 2.30. The molecule has 1 aliphatic rings. The maximum atomic E-state index is 13.6. The molecule has 0 N–H and O–H groups in total. The lowest BCUT2D eigenvalue weighted by atomic mass is 10.1. The predicted molar refractivity (Wildman–Crippen MR) is 84.5 cm³/mol. The summed E-state index contributed by atoms with van der Waals surface area (Å²) in [7, 11) is 1.88. The van der Waals surface area contributed by atoms with Gasteiger partial charge in [0, 0.05) is 18.8 Å². The molecule has 24 heavy (non-hydrogen) atoms. The maximum absolute atomic E-state index is 13.6. The molecule has 1 aliphatic carbocycles. The van der Waals surface area contributed by atoms with E-state index in [1.807, 2.05) is 30.7 Å². The number of fused-ring (bicyclic) bond motifs is 1. The zero-order chi connectivity index (χ0) is 17.1. The van der Waals surface area contributed by atoms with Crippen molar-refractivity contribution < 1.29 is 13.2 Å². The molecule has 4 rings (SSSR count). The van der Waals surface area contributed by atoms with Crippen molar-refractivity contribution in [1.29, 1.82) is 0 Å². The first-order valence-corrected chi connectivity index (χ1v) is 7.89. The van der Waals surface area contributed by atoms with E-state index < -0.39 is 12.2 Å². The topological polar surface area (TPSA) is 35.6 Å². The van der Waals surface area contributed by atoms with Gasteiger partial charge in [-0.2, -0.15) is 18.3 Å². The fourth-order valence-corrected chi connectivity index (χ4v) is 3.43. The smallest absolute Gasteiger partial charge is 0.333 e. The van der Waals surface area contributed by atoms with Crippen LogP contribution in [0.25, 0.3) is 22.3 Å². The van der Waals surface area contributed by atoms with Crippen molar-refractivity contribution in [2.24, 2.45) is 13.0 Å². The van der Waals surface area contributed by atoms with Gasteiger partial charge in [-0.3, -0.25) is 4.68 Å². The molecule has 2 heterocycles. The molecule has 1 saturated carbocycles. The molecular formula is C17H17F3N4. The number of alkyl halides is 3. The molecule has 7 heteroatoms. The molecule has 0 saturated heterocycles. The monoisotopic (exact) mass is 334 g/mol. The Balaban J connectivity index is 1.91.